The Morgan fingerprint density at radius 3 is 1.29 bits per heavy atom. The molecule has 0 unspecified atom stereocenters. The number of imidazole rings is 2. The maximum Gasteiger partial charge on any atom is 0.243 e. The minimum atomic E-state index is -1.76. The third-order valence-electron chi connectivity index (χ3n) is 21.2. The second-order valence-corrected chi connectivity index (χ2v) is 31.0. The third kappa shape index (κ3) is 31.3. The van der Waals surface area contributed by atoms with Crippen molar-refractivity contribution >= 4 is 82.8 Å². The highest BCUT2D eigenvalue weighted by Crippen LogP contribution is 2.41. The number of aromatic hydroxyl groups is 1. The van der Waals surface area contributed by atoms with Crippen molar-refractivity contribution in [2.45, 2.75) is 208 Å². The van der Waals surface area contributed by atoms with Crippen LogP contribution >= 0.6 is 0 Å². The topological polar surface area (TPSA) is 575 Å². The number of nitrogens with one attached hydrogen (secondary N) is 13. The number of guanidine groups is 1. The summed E-state index contributed by atoms with van der Waals surface area (Å²) in [6, 6.07) is 37.6. The van der Waals surface area contributed by atoms with Crippen molar-refractivity contribution in [3.63, 3.8) is 0 Å². The minimum Gasteiger partial charge on any atom is -0.508 e. The zero-order valence-corrected chi connectivity index (χ0v) is 70.9. The number of phenols is 1. The second kappa shape index (κ2) is 50.5. The SMILES string of the molecule is CCCCCCCC(=O)NCCCC[C@H](NC(=O)[C@@H](N)Cc1cn(C(c2ccccc2)(c2ccccc2)c2ccccc2)cn1)C(=O)N[C@@H](Cc1ccccc1)C(=O)N[C@@H](Cc1ccc(O)cc1)C(=O)N[C@@H](Cc1c[nH]cn1)C(=O)N[C@@H](CCC(N)=O)C(=O)N[C@@H](CCC(N)=O)C(=O)N[C@@H](C)C(=O)N[C@@H](CCCNC(=N)N)C(=O)N[C@@H](Cc1ccccc1)C(N)=O. The summed E-state index contributed by atoms with van der Waals surface area (Å²) in [4.78, 5) is 195. The smallest absolute Gasteiger partial charge is 0.243 e. The number of phenolic OH excluding ortho intramolecular Hbond substituents is 1. The number of aromatic amines is 1. The lowest BCUT2D eigenvalue weighted by Crippen LogP contribution is -2.61. The second-order valence-electron chi connectivity index (χ2n) is 31.0. The number of carbonyl (C=O) groups excluding carboxylic acids is 13. The van der Waals surface area contributed by atoms with Gasteiger partial charge in [-0.05, 0) is 104 Å². The molecule has 0 aliphatic rings. The van der Waals surface area contributed by atoms with Crippen LogP contribution in [0.3, 0.4) is 0 Å². The van der Waals surface area contributed by atoms with Crippen molar-refractivity contribution < 1.29 is 67.4 Å². The van der Waals surface area contributed by atoms with Crippen molar-refractivity contribution in [1.29, 1.82) is 5.41 Å². The van der Waals surface area contributed by atoms with Gasteiger partial charge in [0.05, 0.1) is 30.1 Å². The van der Waals surface area contributed by atoms with Gasteiger partial charge in [-0.15, -0.1) is 0 Å². The fourth-order valence-electron chi connectivity index (χ4n) is 14.4. The zero-order valence-electron chi connectivity index (χ0n) is 70.9. The Hall–Kier alpha value is -14.1. The van der Waals surface area contributed by atoms with Gasteiger partial charge in [-0.2, -0.15) is 0 Å². The average Bonchev–Trinajstić information content (AvgIpc) is 1.36. The Kier molecular flexibility index (Phi) is 39.0. The number of primary amides is 3. The van der Waals surface area contributed by atoms with E-state index in [9.17, 15) is 48.3 Å². The monoisotopic (exact) mass is 1730 g/mol. The molecule has 10 atom stereocenters. The molecule has 670 valence electrons. The molecule has 0 saturated heterocycles. The van der Waals surface area contributed by atoms with E-state index in [0.717, 1.165) is 48.8 Å². The molecule has 0 spiro atoms. The van der Waals surface area contributed by atoms with Gasteiger partial charge >= 0.3 is 0 Å². The van der Waals surface area contributed by atoms with Crippen LogP contribution < -0.4 is 87.2 Å². The predicted octanol–water partition coefficient (Wildman–Crippen LogP) is 2.30. The van der Waals surface area contributed by atoms with Crippen LogP contribution in [-0.4, -0.2) is 181 Å². The number of hydrogen-bond acceptors (Lipinski definition) is 18. The maximum atomic E-state index is 15.4. The first-order valence-electron chi connectivity index (χ1n) is 42.3. The first-order valence-corrected chi connectivity index (χ1v) is 42.3. The Morgan fingerprint density at radius 2 is 0.817 bits per heavy atom. The number of aromatic nitrogens is 4. The fraction of sp³-hybridized carbons (Fsp3) is 0.385. The van der Waals surface area contributed by atoms with Crippen molar-refractivity contribution in [2.24, 2.45) is 28.7 Å². The van der Waals surface area contributed by atoms with E-state index in [0.29, 0.717) is 35.2 Å². The standard InChI is InChI=1S/C91H117N21O14/c1-3-4-5-6-22-38-79(116)99-47-24-23-36-69(105-82(119)68(92)52-66-55-112(57-102-66)91(62-30-16-9-17-31-62,63-32-18-10-19-33-63)64-34-20-11-21-35-64)85(122)109-74(50-60-28-14-8-15-29-60)87(124)110-75(51-61-39-41-67(113)42-40-61)88(125)111-76(53-65-54-98-56-101-65)89(126)107-72(44-46-78(94)115)86(123)106-71(43-45-77(93)114)83(120)103-58(2)81(118)104-70(37-25-48-100-90(96)97)84(121)108-73(80(95)117)49-59-26-12-7-13-27-59/h7-21,26-35,39-42,54-58,68-76,113H,3-6,22-25,36-38,43-53,92H2,1-2H3,(H2,93,114)(H2,94,115)(H2,95,117)(H,98,101)(H,99,116)(H,103,120)(H,104,118)(H,105,119)(H,106,123)(H,107,126)(H,108,121)(H,109,122)(H,110,124)(H,111,125)(H4,96,97,100)/t58-,68-,69-,70-,71-,72-,73-,74-,75-,76-/m0/s1. The molecule has 13 amide bonds. The summed E-state index contributed by atoms with van der Waals surface area (Å²) < 4.78 is 1.98. The van der Waals surface area contributed by atoms with Crippen LogP contribution in [-0.2, 0) is 100.0 Å². The number of benzene rings is 6. The van der Waals surface area contributed by atoms with E-state index in [1.165, 1.54) is 43.7 Å². The Bertz CT molecular complexity index is 4780. The molecule has 0 fully saturated rings. The molecule has 126 heavy (non-hydrogen) atoms. The van der Waals surface area contributed by atoms with Crippen LogP contribution in [0.15, 0.2) is 201 Å². The van der Waals surface area contributed by atoms with E-state index >= 15 is 19.2 Å². The molecule has 8 rings (SSSR count). The molecule has 0 radical (unpaired) electrons. The van der Waals surface area contributed by atoms with Crippen LogP contribution in [0.1, 0.15) is 155 Å². The van der Waals surface area contributed by atoms with Gasteiger partial charge in [-0.3, -0.25) is 67.7 Å². The summed E-state index contributed by atoms with van der Waals surface area (Å²) in [6.45, 7) is 3.71. The zero-order chi connectivity index (χ0) is 90.9. The van der Waals surface area contributed by atoms with Gasteiger partial charge in [0.25, 0.3) is 0 Å². The molecule has 0 saturated carbocycles. The Balaban J connectivity index is 1.03. The van der Waals surface area contributed by atoms with Crippen molar-refractivity contribution in [3.05, 3.63) is 246 Å². The summed E-state index contributed by atoms with van der Waals surface area (Å²) in [7, 11) is 0. The molecular weight excluding hydrogens is 1610 g/mol. The lowest BCUT2D eigenvalue weighted by atomic mass is 9.77. The molecule has 0 bridgehead atoms. The molecular formula is C91H117N21O14. The number of hydrogen-bond donors (Lipinski definition) is 19. The lowest BCUT2D eigenvalue weighted by molar-refractivity contribution is -0.136. The Labute approximate surface area is 731 Å². The molecule has 8 aromatic rings. The van der Waals surface area contributed by atoms with Crippen molar-refractivity contribution in [1.82, 2.24) is 78.0 Å². The number of unbranched alkanes of at least 4 members (excludes halogenated alkanes) is 5. The van der Waals surface area contributed by atoms with E-state index in [1.54, 1.807) is 67.0 Å². The third-order valence-corrected chi connectivity index (χ3v) is 21.2. The molecule has 35 heteroatoms. The summed E-state index contributed by atoms with van der Waals surface area (Å²) >= 11 is 0. The number of nitrogens with two attached hydrogens (primary N) is 5. The van der Waals surface area contributed by atoms with Gasteiger partial charge in [0.15, 0.2) is 5.96 Å². The van der Waals surface area contributed by atoms with Crippen molar-refractivity contribution in [2.75, 3.05) is 13.1 Å². The van der Waals surface area contributed by atoms with E-state index in [2.05, 4.69) is 75.4 Å². The Morgan fingerprint density at radius 1 is 0.413 bits per heavy atom. The fourth-order valence-corrected chi connectivity index (χ4v) is 14.4. The van der Waals surface area contributed by atoms with Gasteiger partial charge in [-0.1, -0.05) is 196 Å². The van der Waals surface area contributed by atoms with E-state index in [1.807, 2.05) is 102 Å². The summed E-state index contributed by atoms with van der Waals surface area (Å²) in [5.41, 5.74) is 33.2. The van der Waals surface area contributed by atoms with Gasteiger partial charge in [0.1, 0.15) is 65.7 Å². The molecule has 0 aliphatic heterocycles. The highest BCUT2D eigenvalue weighted by atomic mass is 16.3. The predicted molar refractivity (Wildman–Crippen MR) is 471 cm³/mol. The molecule has 0 aliphatic carbocycles. The van der Waals surface area contributed by atoms with Crippen LogP contribution in [0.5, 0.6) is 5.75 Å². The quantitative estimate of drug-likeness (QED) is 0.0113. The van der Waals surface area contributed by atoms with Gasteiger partial charge in [0.2, 0.25) is 76.8 Å². The molecule has 2 heterocycles. The minimum absolute atomic E-state index is 0.00122. The summed E-state index contributed by atoms with van der Waals surface area (Å²) in [6.07, 6.45) is 9.04. The van der Waals surface area contributed by atoms with Crippen molar-refractivity contribution in [3.8, 4) is 5.75 Å². The van der Waals surface area contributed by atoms with Gasteiger partial charge < -0.3 is 102 Å². The van der Waals surface area contributed by atoms with Crippen LogP contribution in [0.25, 0.3) is 0 Å². The van der Waals surface area contributed by atoms with Crippen LogP contribution in [0, 0.1) is 5.41 Å². The van der Waals surface area contributed by atoms with E-state index in [-0.39, 0.29) is 87.8 Å². The van der Waals surface area contributed by atoms with E-state index < -0.39 is 169 Å². The number of carbonyl (C=O) groups is 13. The normalized spacial score (nSPS) is 13.5. The highest BCUT2D eigenvalue weighted by molar-refractivity contribution is 5.99. The van der Waals surface area contributed by atoms with Crippen LogP contribution in [0.2, 0.25) is 0 Å². The first-order chi connectivity index (χ1) is 60.6. The highest BCUT2D eigenvalue weighted by Gasteiger charge is 2.41. The largest absolute Gasteiger partial charge is 0.508 e. The van der Waals surface area contributed by atoms with Gasteiger partial charge in [0, 0.05) is 76.8 Å². The maximum absolute atomic E-state index is 15.4. The molecule has 6 aromatic carbocycles. The van der Waals surface area contributed by atoms with Gasteiger partial charge in [-0.25, -0.2) is 9.97 Å². The number of nitrogens with zero attached hydrogens (tertiary/aromatic N) is 3. The molecule has 35 nitrogen and oxygen atoms in total. The lowest BCUT2D eigenvalue weighted by Gasteiger charge is -2.37. The molecule has 2 aromatic heterocycles. The average molecular weight is 1730 g/mol. The first kappa shape index (κ1) is 97.3. The number of rotatable bonds is 54. The molecule has 24 N–H and O–H groups in total. The van der Waals surface area contributed by atoms with Crippen LogP contribution in [0.4, 0.5) is 0 Å². The number of H-pyrrole nitrogens is 1. The van der Waals surface area contributed by atoms with E-state index in [4.69, 9.17) is 39.1 Å². The summed E-state index contributed by atoms with van der Waals surface area (Å²) in [5, 5.41) is 47.3. The summed E-state index contributed by atoms with van der Waals surface area (Å²) in [5.74, 6) is -11.9. The number of amides is 13.